The Morgan fingerprint density at radius 1 is 0.906 bits per heavy atom. The van der Waals surface area contributed by atoms with E-state index in [0.29, 0.717) is 22.6 Å². The third-order valence-corrected chi connectivity index (χ3v) is 5.14. The van der Waals surface area contributed by atoms with Crippen LogP contribution in [0.25, 0.3) is 6.08 Å². The first-order valence-corrected chi connectivity index (χ1v) is 11.5. The SMILES string of the molecule is NS(=O)(=O)NC(=O)/C(=C\c1ccc(Oc2ccccc2Br)cc1)NC(=O)c1ccccc1. The smallest absolute Gasteiger partial charge is 0.299 e. The van der Waals surface area contributed by atoms with Gasteiger partial charge in [0.05, 0.1) is 4.47 Å². The van der Waals surface area contributed by atoms with Gasteiger partial charge >= 0.3 is 0 Å². The second-order valence-electron chi connectivity index (χ2n) is 6.46. The van der Waals surface area contributed by atoms with Gasteiger partial charge in [-0.15, -0.1) is 0 Å². The molecule has 32 heavy (non-hydrogen) atoms. The molecule has 0 radical (unpaired) electrons. The van der Waals surface area contributed by atoms with Crippen molar-refractivity contribution in [3.05, 3.63) is 100 Å². The lowest BCUT2D eigenvalue weighted by molar-refractivity contribution is -0.116. The van der Waals surface area contributed by atoms with Crippen molar-refractivity contribution in [3.63, 3.8) is 0 Å². The summed E-state index contributed by atoms with van der Waals surface area (Å²) < 4.78 is 30.8. The van der Waals surface area contributed by atoms with Crippen LogP contribution in [0.5, 0.6) is 11.5 Å². The monoisotopic (exact) mass is 515 g/mol. The molecule has 3 aromatic carbocycles. The van der Waals surface area contributed by atoms with Crippen molar-refractivity contribution in [1.29, 1.82) is 0 Å². The molecule has 164 valence electrons. The van der Waals surface area contributed by atoms with Gasteiger partial charge in [0.15, 0.2) is 0 Å². The predicted octanol–water partition coefficient (Wildman–Crippen LogP) is 3.33. The Hall–Kier alpha value is -3.47. The zero-order valence-electron chi connectivity index (χ0n) is 16.5. The molecule has 0 heterocycles. The average Bonchev–Trinajstić information content (AvgIpc) is 2.75. The quantitative estimate of drug-likeness (QED) is 0.415. The molecule has 3 aromatic rings. The molecule has 8 nitrogen and oxygen atoms in total. The van der Waals surface area contributed by atoms with Crippen molar-refractivity contribution in [3.8, 4) is 11.5 Å². The van der Waals surface area contributed by atoms with Crippen LogP contribution in [-0.2, 0) is 15.0 Å². The van der Waals surface area contributed by atoms with E-state index in [4.69, 9.17) is 9.88 Å². The molecule has 0 bridgehead atoms. The summed E-state index contributed by atoms with van der Waals surface area (Å²) in [5.74, 6) is -0.502. The highest BCUT2D eigenvalue weighted by atomic mass is 79.9. The lowest BCUT2D eigenvalue weighted by atomic mass is 10.1. The first kappa shape index (κ1) is 23.2. The molecule has 4 N–H and O–H groups in total. The number of carbonyl (C=O) groups is 2. The Morgan fingerprint density at radius 2 is 1.53 bits per heavy atom. The van der Waals surface area contributed by atoms with Gasteiger partial charge in [-0.1, -0.05) is 42.5 Å². The fourth-order valence-electron chi connectivity index (χ4n) is 2.58. The number of benzene rings is 3. The average molecular weight is 516 g/mol. The summed E-state index contributed by atoms with van der Waals surface area (Å²) in [5.41, 5.74) is 0.503. The number of amides is 2. The molecule has 3 rings (SSSR count). The number of para-hydroxylation sites is 1. The van der Waals surface area contributed by atoms with E-state index in [1.165, 1.54) is 6.08 Å². The number of ether oxygens (including phenoxy) is 1. The van der Waals surface area contributed by atoms with Gasteiger partial charge in [-0.2, -0.15) is 8.42 Å². The predicted molar refractivity (Wildman–Crippen MR) is 124 cm³/mol. The van der Waals surface area contributed by atoms with Crippen molar-refractivity contribution < 1.29 is 22.7 Å². The van der Waals surface area contributed by atoms with E-state index in [1.54, 1.807) is 65.4 Å². The molecular weight excluding hydrogens is 498 g/mol. The standard InChI is InChI=1S/C22H18BrN3O5S/c23-18-8-4-5-9-20(18)31-17-12-10-15(11-13-17)14-19(22(28)26-32(24,29)30)25-21(27)16-6-2-1-3-7-16/h1-14H,(H,25,27)(H,26,28)(H2,24,29,30)/b19-14+. The minimum Gasteiger partial charge on any atom is -0.456 e. The summed E-state index contributed by atoms with van der Waals surface area (Å²) in [6, 6.07) is 22.1. The number of halogens is 1. The lowest BCUT2D eigenvalue weighted by Gasteiger charge is -2.11. The van der Waals surface area contributed by atoms with Crippen LogP contribution in [0.3, 0.4) is 0 Å². The normalized spacial score (nSPS) is 11.5. The van der Waals surface area contributed by atoms with E-state index in [0.717, 1.165) is 4.47 Å². The molecule has 10 heteroatoms. The van der Waals surface area contributed by atoms with Crippen molar-refractivity contribution in [2.45, 2.75) is 0 Å². The molecule has 0 aromatic heterocycles. The van der Waals surface area contributed by atoms with Crippen LogP contribution in [0.2, 0.25) is 0 Å². The van der Waals surface area contributed by atoms with Gasteiger partial charge in [0.25, 0.3) is 22.0 Å². The molecule has 0 spiro atoms. The number of carbonyl (C=O) groups excluding carboxylic acids is 2. The van der Waals surface area contributed by atoms with E-state index in [1.807, 2.05) is 18.2 Å². The molecule has 2 amide bonds. The minimum atomic E-state index is -4.32. The van der Waals surface area contributed by atoms with Crippen molar-refractivity contribution in [2.75, 3.05) is 0 Å². The topological polar surface area (TPSA) is 128 Å². The molecule has 0 saturated heterocycles. The summed E-state index contributed by atoms with van der Waals surface area (Å²) in [7, 11) is -4.32. The molecule has 0 atom stereocenters. The molecule has 0 saturated carbocycles. The van der Waals surface area contributed by atoms with Gasteiger partial charge in [-0.3, -0.25) is 9.59 Å². The Labute approximate surface area is 193 Å². The first-order valence-electron chi connectivity index (χ1n) is 9.17. The molecule has 0 aliphatic rings. The maximum atomic E-state index is 12.5. The number of hydrogen-bond acceptors (Lipinski definition) is 5. The number of nitrogens with two attached hydrogens (primary N) is 1. The highest BCUT2D eigenvalue weighted by molar-refractivity contribution is 9.10. The van der Waals surface area contributed by atoms with Crippen LogP contribution in [-0.4, -0.2) is 20.2 Å². The molecule has 0 fully saturated rings. The first-order chi connectivity index (χ1) is 15.2. The number of hydrogen-bond donors (Lipinski definition) is 3. The zero-order chi connectivity index (χ0) is 23.1. The molecule has 0 unspecified atom stereocenters. The Morgan fingerprint density at radius 3 is 2.16 bits per heavy atom. The van der Waals surface area contributed by atoms with Gasteiger partial charge in [0, 0.05) is 5.56 Å². The zero-order valence-corrected chi connectivity index (χ0v) is 18.9. The van der Waals surface area contributed by atoms with Crippen LogP contribution in [0, 0.1) is 0 Å². The third-order valence-electron chi connectivity index (χ3n) is 4.02. The molecule has 0 aliphatic heterocycles. The van der Waals surface area contributed by atoms with Crippen LogP contribution in [0.1, 0.15) is 15.9 Å². The van der Waals surface area contributed by atoms with Crippen molar-refractivity contribution in [1.82, 2.24) is 10.0 Å². The highest BCUT2D eigenvalue weighted by Gasteiger charge is 2.18. The van der Waals surface area contributed by atoms with Crippen LogP contribution < -0.4 is 19.9 Å². The summed E-state index contributed by atoms with van der Waals surface area (Å²) >= 11 is 3.40. The fraction of sp³-hybridized carbons (Fsp3) is 0. The summed E-state index contributed by atoms with van der Waals surface area (Å²) in [4.78, 5) is 24.9. The van der Waals surface area contributed by atoms with Gasteiger partial charge < -0.3 is 10.1 Å². The second-order valence-corrected chi connectivity index (χ2v) is 8.60. The third kappa shape index (κ3) is 6.77. The maximum absolute atomic E-state index is 12.5. The van der Waals surface area contributed by atoms with E-state index in [-0.39, 0.29) is 5.70 Å². The number of rotatable bonds is 7. The van der Waals surface area contributed by atoms with Gasteiger partial charge in [0.1, 0.15) is 17.2 Å². The summed E-state index contributed by atoms with van der Waals surface area (Å²) in [5, 5.41) is 7.31. The van der Waals surface area contributed by atoms with E-state index >= 15 is 0 Å². The van der Waals surface area contributed by atoms with Crippen LogP contribution >= 0.6 is 15.9 Å². The second kappa shape index (κ2) is 10.2. The van der Waals surface area contributed by atoms with Crippen molar-refractivity contribution >= 4 is 44.0 Å². The Bertz CT molecular complexity index is 1260. The highest BCUT2D eigenvalue weighted by Crippen LogP contribution is 2.29. The largest absolute Gasteiger partial charge is 0.456 e. The van der Waals surface area contributed by atoms with E-state index in [9.17, 15) is 18.0 Å². The van der Waals surface area contributed by atoms with Gasteiger partial charge in [-0.05, 0) is 64.0 Å². The van der Waals surface area contributed by atoms with Crippen molar-refractivity contribution in [2.24, 2.45) is 5.14 Å². The number of nitrogens with one attached hydrogen (secondary N) is 2. The fourth-order valence-corrected chi connectivity index (χ4v) is 3.31. The molecular formula is C22H18BrN3O5S. The summed E-state index contributed by atoms with van der Waals surface area (Å²) in [6.07, 6.45) is 1.32. The lowest BCUT2D eigenvalue weighted by Crippen LogP contribution is -2.41. The van der Waals surface area contributed by atoms with E-state index < -0.39 is 22.0 Å². The van der Waals surface area contributed by atoms with E-state index in [2.05, 4.69) is 21.2 Å². The van der Waals surface area contributed by atoms with Gasteiger partial charge in [0.2, 0.25) is 0 Å². The Balaban J connectivity index is 1.84. The van der Waals surface area contributed by atoms with Crippen LogP contribution in [0.15, 0.2) is 89.0 Å². The van der Waals surface area contributed by atoms with Gasteiger partial charge in [-0.25, -0.2) is 9.86 Å². The van der Waals surface area contributed by atoms with Crippen LogP contribution in [0.4, 0.5) is 0 Å². The Kier molecular flexibility index (Phi) is 7.41. The maximum Gasteiger partial charge on any atom is 0.299 e. The minimum absolute atomic E-state index is 0.291. The summed E-state index contributed by atoms with van der Waals surface area (Å²) in [6.45, 7) is 0. The molecule has 0 aliphatic carbocycles.